The zero-order valence-corrected chi connectivity index (χ0v) is 26.2. The molecule has 1 aromatic carbocycles. The maximum atomic E-state index is 12.1. The van der Waals surface area contributed by atoms with Crippen molar-refractivity contribution in [3.63, 3.8) is 0 Å². The summed E-state index contributed by atoms with van der Waals surface area (Å²) in [6, 6.07) is 6.35. The van der Waals surface area contributed by atoms with Crippen LogP contribution in [0.4, 0.5) is 0 Å². The minimum absolute atomic E-state index is 0.508. The molecule has 0 heterocycles. The van der Waals surface area contributed by atoms with Crippen LogP contribution in [0.5, 0.6) is 0 Å². The average molecular weight is 882 g/mol. The third kappa shape index (κ3) is 12.5. The first-order valence-corrected chi connectivity index (χ1v) is 19.2. The van der Waals surface area contributed by atoms with Crippen LogP contribution in [0.25, 0.3) is 0 Å². The number of hydrogen-bond acceptors (Lipinski definition) is 8. The van der Waals surface area contributed by atoms with Crippen LogP contribution in [-0.2, 0) is 30.4 Å². The second-order valence-electron chi connectivity index (χ2n) is 6.05. The van der Waals surface area contributed by atoms with Crippen LogP contribution in [0, 0.1) is 0 Å². The van der Waals surface area contributed by atoms with Gasteiger partial charge in [-0.2, -0.15) is 0 Å². The molecule has 186 valence electrons. The van der Waals surface area contributed by atoms with Crippen molar-refractivity contribution in [1.82, 2.24) is 0 Å². The zero-order chi connectivity index (χ0) is 26.8. The van der Waals surface area contributed by atoms with Crippen LogP contribution in [0.1, 0.15) is 0 Å². The molecule has 0 aliphatic rings. The molecule has 0 radical (unpaired) electrons. The molecule has 10 heteroatoms. The average Bonchev–Trinajstić information content (AvgIpc) is 2.87. The number of allylic oxidation sites excluding steroid dienone is 8. The summed E-state index contributed by atoms with van der Waals surface area (Å²) in [7, 11) is 0. The molecule has 0 amide bonds. The van der Waals surface area contributed by atoms with Gasteiger partial charge in [-0.1, -0.05) is 0 Å². The van der Waals surface area contributed by atoms with Crippen LogP contribution < -0.4 is 6.54 Å². The summed E-state index contributed by atoms with van der Waals surface area (Å²) < 4.78 is 22.8. The summed E-state index contributed by atoms with van der Waals surface area (Å²) >= 11 is -7.63. The normalized spacial score (nSPS) is 11.2. The molecule has 0 unspecified atom stereocenters. The standard InChI is InChI=1S/C6H4.4C5H6O2.2Bi/c1-2-4-6-5-3-1;4*1-2-3-4-5(6)7;;/h1-2,5-6H;4*2-4H,1H2,(H,6,7);;/q;;;;;2*+2/p-4. The molecule has 0 saturated carbocycles. The maximum absolute atomic E-state index is 12.1. The molecule has 8 nitrogen and oxygen atoms in total. The summed E-state index contributed by atoms with van der Waals surface area (Å²) in [4.78, 5) is 48.4. The zero-order valence-electron chi connectivity index (χ0n) is 19.2. The molecule has 0 spiro atoms. The van der Waals surface area contributed by atoms with E-state index in [0.717, 1.165) is 24.3 Å². The van der Waals surface area contributed by atoms with Crippen LogP contribution in [-0.4, -0.2) is 69.1 Å². The Balaban J connectivity index is 3.24. The molecular formula is C26H24Bi2O8. The second kappa shape index (κ2) is 18.1. The van der Waals surface area contributed by atoms with Gasteiger partial charge in [-0.15, -0.1) is 0 Å². The quantitative estimate of drug-likeness (QED) is 0.159. The van der Waals surface area contributed by atoms with Crippen molar-refractivity contribution in [1.29, 1.82) is 0 Å². The first-order valence-electron chi connectivity index (χ1n) is 10.1. The molecule has 0 aliphatic heterocycles. The fraction of sp³-hybridized carbons (Fsp3) is 0. The number of hydrogen-bond donors (Lipinski definition) is 0. The Morgan fingerprint density at radius 1 is 0.500 bits per heavy atom. The number of rotatable bonds is 14. The van der Waals surface area contributed by atoms with Crippen molar-refractivity contribution in [3.8, 4) is 0 Å². The molecule has 0 N–H and O–H groups in total. The van der Waals surface area contributed by atoms with E-state index in [1.807, 2.05) is 0 Å². The minimum atomic E-state index is -3.81. The monoisotopic (exact) mass is 882 g/mol. The van der Waals surface area contributed by atoms with Crippen LogP contribution >= 0.6 is 0 Å². The van der Waals surface area contributed by atoms with Gasteiger partial charge in [-0.25, -0.2) is 0 Å². The number of carbonyl (C=O) groups excluding carboxylic acids is 4. The molecular weight excluding hydrogens is 858 g/mol. The van der Waals surface area contributed by atoms with Gasteiger partial charge in [0.25, 0.3) is 0 Å². The molecule has 0 atom stereocenters. The Morgan fingerprint density at radius 3 is 0.917 bits per heavy atom. The van der Waals surface area contributed by atoms with Gasteiger partial charge in [0, 0.05) is 0 Å². The van der Waals surface area contributed by atoms with Crippen molar-refractivity contribution in [2.24, 2.45) is 0 Å². The molecule has 36 heavy (non-hydrogen) atoms. The second-order valence-corrected chi connectivity index (χ2v) is 16.9. The van der Waals surface area contributed by atoms with E-state index >= 15 is 0 Å². The van der Waals surface area contributed by atoms with E-state index in [9.17, 15) is 19.2 Å². The van der Waals surface area contributed by atoms with Gasteiger partial charge in [0.05, 0.1) is 0 Å². The molecule has 0 aromatic heterocycles. The van der Waals surface area contributed by atoms with Crippen molar-refractivity contribution < 1.29 is 30.4 Å². The number of benzene rings is 1. The van der Waals surface area contributed by atoms with Gasteiger partial charge in [-0.3, -0.25) is 0 Å². The van der Waals surface area contributed by atoms with E-state index in [-0.39, 0.29) is 0 Å². The van der Waals surface area contributed by atoms with Crippen LogP contribution in [0.3, 0.4) is 0 Å². The Morgan fingerprint density at radius 2 is 0.722 bits per heavy atom. The summed E-state index contributed by atoms with van der Waals surface area (Å²) in [5.41, 5.74) is 0. The Hall–Kier alpha value is -3.21. The SMILES string of the molecule is C=CC=CC(=O)[O][Bi]([O]C(=O)C=CC=C)[c]1cc[c]([Bi]([O]C(=O)C=CC=C)[O]C(=O)C=CC=C)cc1. The Bertz CT molecular complexity index is 946. The molecule has 0 bridgehead atoms. The first kappa shape index (κ1) is 30.8. The van der Waals surface area contributed by atoms with Crippen LogP contribution in [0.2, 0.25) is 0 Å². The summed E-state index contributed by atoms with van der Waals surface area (Å²) in [6.45, 7) is 13.9. The van der Waals surface area contributed by atoms with Gasteiger partial charge >= 0.3 is 230 Å². The van der Waals surface area contributed by atoms with Crippen molar-refractivity contribution in [2.45, 2.75) is 0 Å². The number of carbonyl (C=O) groups is 4. The van der Waals surface area contributed by atoms with Crippen molar-refractivity contribution in [2.75, 3.05) is 0 Å². The predicted octanol–water partition coefficient (Wildman–Crippen LogP) is 2.22. The summed E-state index contributed by atoms with van der Waals surface area (Å²) in [6.07, 6.45) is 15.9. The third-order valence-electron chi connectivity index (χ3n) is 3.44. The van der Waals surface area contributed by atoms with E-state index in [2.05, 4.69) is 26.3 Å². The van der Waals surface area contributed by atoms with E-state index in [0.29, 0.717) is 6.54 Å². The topological polar surface area (TPSA) is 105 Å². The van der Waals surface area contributed by atoms with Gasteiger partial charge in [-0.05, 0) is 0 Å². The van der Waals surface area contributed by atoms with E-state index in [1.54, 1.807) is 24.3 Å². The van der Waals surface area contributed by atoms with E-state index < -0.39 is 69.1 Å². The molecule has 1 rings (SSSR count). The van der Waals surface area contributed by atoms with E-state index in [4.69, 9.17) is 11.3 Å². The first-order chi connectivity index (χ1) is 17.3. The Labute approximate surface area is 228 Å². The van der Waals surface area contributed by atoms with Crippen molar-refractivity contribution >= 4 is 75.7 Å². The predicted molar refractivity (Wildman–Crippen MR) is 139 cm³/mol. The summed E-state index contributed by atoms with van der Waals surface area (Å²) in [5, 5.41) is 0. The summed E-state index contributed by atoms with van der Waals surface area (Å²) in [5.74, 6) is -2.72. The van der Waals surface area contributed by atoms with E-state index in [1.165, 1.54) is 48.6 Å². The van der Waals surface area contributed by atoms with Gasteiger partial charge in [0.1, 0.15) is 0 Å². The van der Waals surface area contributed by atoms with Gasteiger partial charge in [0.2, 0.25) is 0 Å². The molecule has 1 aromatic rings. The van der Waals surface area contributed by atoms with Gasteiger partial charge in [0.15, 0.2) is 0 Å². The fourth-order valence-corrected chi connectivity index (χ4v) is 10.4. The Kier molecular flexibility index (Phi) is 15.5. The molecule has 0 aliphatic carbocycles. The molecule has 0 saturated heterocycles. The third-order valence-corrected chi connectivity index (χ3v) is 14.4. The molecule has 0 fully saturated rings. The van der Waals surface area contributed by atoms with Gasteiger partial charge < -0.3 is 0 Å². The van der Waals surface area contributed by atoms with Crippen LogP contribution in [0.15, 0.2) is 123 Å². The fourth-order valence-electron chi connectivity index (χ4n) is 1.98. The van der Waals surface area contributed by atoms with Crippen molar-refractivity contribution in [3.05, 3.63) is 123 Å².